The van der Waals surface area contributed by atoms with Crippen molar-refractivity contribution in [3.8, 4) is 0 Å². The highest BCUT2D eigenvalue weighted by atomic mass is 32.1. The van der Waals surface area contributed by atoms with Crippen LogP contribution >= 0.6 is 12.2 Å². The monoisotopic (exact) mass is 194 g/mol. The van der Waals surface area contributed by atoms with Gasteiger partial charge in [0.15, 0.2) is 6.10 Å². The van der Waals surface area contributed by atoms with Gasteiger partial charge in [-0.3, -0.25) is 0 Å². The Hall–Kier alpha value is -0.430. The topological polar surface area (TPSA) is 79.2 Å². The summed E-state index contributed by atoms with van der Waals surface area (Å²) in [5.41, 5.74) is 0. The van der Waals surface area contributed by atoms with E-state index in [1.165, 1.54) is 0 Å². The number of hydrogen-bond donors (Lipinski definition) is 3. The van der Waals surface area contributed by atoms with Gasteiger partial charge in [-0.15, -0.1) is 0 Å². The van der Waals surface area contributed by atoms with E-state index in [9.17, 15) is 5.11 Å². The zero-order chi connectivity index (χ0) is 9.14. The molecule has 0 bridgehead atoms. The fourth-order valence-electron chi connectivity index (χ4n) is 0.866. The molecule has 3 N–H and O–H groups in total. The molecule has 0 aromatic rings. The van der Waals surface area contributed by atoms with Crippen LogP contribution in [0, 0.1) is 0 Å². The first-order valence-corrected chi connectivity index (χ1v) is 3.86. The highest BCUT2D eigenvalue weighted by molar-refractivity contribution is 7.79. The molecule has 0 amide bonds. The number of aliphatic hydroxyl groups excluding tert-OH is 3. The van der Waals surface area contributed by atoms with E-state index in [0.717, 1.165) is 0 Å². The smallest absolute Gasteiger partial charge is 0.352 e. The Balaban J connectivity index is 2.42. The molecule has 1 heterocycles. The molecule has 0 radical (unpaired) electrons. The molecule has 6 heteroatoms. The Bertz CT molecular complexity index is 173. The quantitative estimate of drug-likeness (QED) is 0.470. The van der Waals surface area contributed by atoms with Crippen molar-refractivity contribution in [2.45, 2.75) is 18.3 Å². The summed E-state index contributed by atoms with van der Waals surface area (Å²) in [6, 6.07) is 0. The Morgan fingerprint density at radius 1 is 1.58 bits per heavy atom. The van der Waals surface area contributed by atoms with Crippen LogP contribution in [0.1, 0.15) is 0 Å². The van der Waals surface area contributed by atoms with Gasteiger partial charge >= 0.3 is 5.24 Å². The van der Waals surface area contributed by atoms with E-state index in [2.05, 4.69) is 12.2 Å². The second-order valence-electron chi connectivity index (χ2n) is 2.46. The van der Waals surface area contributed by atoms with E-state index in [1.54, 1.807) is 0 Å². The van der Waals surface area contributed by atoms with Crippen LogP contribution in [-0.2, 0) is 9.47 Å². The predicted octanol–water partition coefficient (Wildman–Crippen LogP) is -1.60. The van der Waals surface area contributed by atoms with Crippen molar-refractivity contribution < 1.29 is 24.8 Å². The molecule has 0 spiro atoms. The van der Waals surface area contributed by atoms with Gasteiger partial charge < -0.3 is 24.8 Å². The van der Waals surface area contributed by atoms with E-state index in [1.807, 2.05) is 0 Å². The van der Waals surface area contributed by atoms with Crippen LogP contribution in [-0.4, -0.2) is 52.1 Å². The largest absolute Gasteiger partial charge is 0.453 e. The number of hydrogen-bond acceptors (Lipinski definition) is 6. The molecule has 1 aliphatic rings. The van der Waals surface area contributed by atoms with Gasteiger partial charge in [0.1, 0.15) is 18.8 Å². The van der Waals surface area contributed by atoms with Gasteiger partial charge in [0.05, 0.1) is 6.61 Å². The van der Waals surface area contributed by atoms with E-state index in [4.69, 9.17) is 19.7 Å². The Morgan fingerprint density at radius 3 is 2.67 bits per heavy atom. The lowest BCUT2D eigenvalue weighted by Crippen LogP contribution is -2.40. The summed E-state index contributed by atoms with van der Waals surface area (Å²) in [5, 5.41) is 26.7. The maximum Gasteiger partial charge on any atom is 0.352 e. The maximum atomic E-state index is 9.26. The summed E-state index contributed by atoms with van der Waals surface area (Å²) < 4.78 is 9.57. The summed E-state index contributed by atoms with van der Waals surface area (Å²) in [6.45, 7) is -0.412. The van der Waals surface area contributed by atoms with Crippen molar-refractivity contribution in [3.05, 3.63) is 0 Å². The Kier molecular flexibility index (Phi) is 3.21. The minimum atomic E-state index is -1.22. The first-order chi connectivity index (χ1) is 5.65. The molecule has 12 heavy (non-hydrogen) atoms. The van der Waals surface area contributed by atoms with Gasteiger partial charge in [-0.25, -0.2) is 0 Å². The first kappa shape index (κ1) is 9.66. The minimum Gasteiger partial charge on any atom is -0.453 e. The molecule has 1 rings (SSSR count). The summed E-state index contributed by atoms with van der Waals surface area (Å²) in [7, 11) is 0. The number of rotatable bonds is 3. The SMILES string of the molecule is OC[C@H](O)[C@@H](O)[C@H]1COC(=S)O1. The molecule has 0 aliphatic carbocycles. The van der Waals surface area contributed by atoms with Gasteiger partial charge in [-0.1, -0.05) is 0 Å². The van der Waals surface area contributed by atoms with Crippen molar-refractivity contribution in [2.75, 3.05) is 13.2 Å². The van der Waals surface area contributed by atoms with Gasteiger partial charge in [-0.05, 0) is 0 Å². The second kappa shape index (κ2) is 3.99. The lowest BCUT2D eigenvalue weighted by atomic mass is 10.1. The third kappa shape index (κ3) is 2.04. The molecule has 3 atom stereocenters. The van der Waals surface area contributed by atoms with Crippen molar-refractivity contribution in [2.24, 2.45) is 0 Å². The van der Waals surface area contributed by atoms with Crippen LogP contribution < -0.4 is 0 Å². The highest BCUT2D eigenvalue weighted by Crippen LogP contribution is 2.12. The predicted molar refractivity (Wildman–Crippen MR) is 42.5 cm³/mol. The number of ether oxygens (including phenoxy) is 2. The first-order valence-electron chi connectivity index (χ1n) is 3.45. The molecule has 1 aliphatic heterocycles. The van der Waals surface area contributed by atoms with Gasteiger partial charge in [0, 0.05) is 12.2 Å². The summed E-state index contributed by atoms with van der Waals surface area (Å²) in [5.74, 6) is 0. The van der Waals surface area contributed by atoms with Crippen LogP contribution in [0.15, 0.2) is 0 Å². The van der Waals surface area contributed by atoms with E-state index < -0.39 is 24.9 Å². The fraction of sp³-hybridized carbons (Fsp3) is 0.833. The number of thiocarbonyl (C=S) groups is 1. The molecule has 70 valence electrons. The van der Waals surface area contributed by atoms with Crippen LogP contribution in [0.2, 0.25) is 0 Å². The van der Waals surface area contributed by atoms with E-state index in [-0.39, 0.29) is 11.8 Å². The summed E-state index contributed by atoms with van der Waals surface area (Å²) >= 11 is 4.54. The standard InChI is InChI=1S/C6H10O5S/c7-1-3(8)5(9)4-2-10-6(12)11-4/h3-5,7-9H,1-2H2/t3-,4+,5+/m0/s1. The van der Waals surface area contributed by atoms with Gasteiger partial charge in [0.2, 0.25) is 0 Å². The molecular formula is C6H10O5S. The second-order valence-corrected chi connectivity index (χ2v) is 2.79. The summed E-state index contributed by atoms with van der Waals surface area (Å²) in [6.07, 6.45) is -3.07. The zero-order valence-corrected chi connectivity index (χ0v) is 7.03. The average molecular weight is 194 g/mol. The lowest BCUT2D eigenvalue weighted by Gasteiger charge is -2.18. The normalized spacial score (nSPS) is 27.6. The third-order valence-electron chi connectivity index (χ3n) is 1.58. The van der Waals surface area contributed by atoms with Gasteiger partial charge in [0.25, 0.3) is 0 Å². The van der Waals surface area contributed by atoms with Crippen LogP contribution in [0.25, 0.3) is 0 Å². The summed E-state index contributed by atoms with van der Waals surface area (Å²) in [4.78, 5) is 0. The van der Waals surface area contributed by atoms with E-state index in [0.29, 0.717) is 0 Å². The van der Waals surface area contributed by atoms with Crippen molar-refractivity contribution >= 4 is 17.5 Å². The van der Waals surface area contributed by atoms with E-state index >= 15 is 0 Å². The maximum absolute atomic E-state index is 9.26. The van der Waals surface area contributed by atoms with Crippen LogP contribution in [0.4, 0.5) is 0 Å². The molecule has 0 unspecified atom stereocenters. The third-order valence-corrected chi connectivity index (χ3v) is 1.79. The fourth-order valence-corrected chi connectivity index (χ4v) is 1.06. The Labute approximate surface area is 74.5 Å². The molecule has 0 aromatic heterocycles. The molecule has 1 fully saturated rings. The molecule has 5 nitrogen and oxygen atoms in total. The van der Waals surface area contributed by atoms with Crippen LogP contribution in [0.5, 0.6) is 0 Å². The average Bonchev–Trinajstić information content (AvgIpc) is 2.49. The van der Waals surface area contributed by atoms with Crippen LogP contribution in [0.3, 0.4) is 0 Å². The van der Waals surface area contributed by atoms with Gasteiger partial charge in [-0.2, -0.15) is 0 Å². The molecule has 0 saturated carbocycles. The van der Waals surface area contributed by atoms with Crippen molar-refractivity contribution in [3.63, 3.8) is 0 Å². The minimum absolute atomic E-state index is 0.0378. The lowest BCUT2D eigenvalue weighted by molar-refractivity contribution is -0.0634. The molecule has 0 aromatic carbocycles. The molecule has 1 saturated heterocycles. The van der Waals surface area contributed by atoms with Crippen molar-refractivity contribution in [1.82, 2.24) is 0 Å². The molecular weight excluding hydrogens is 184 g/mol. The van der Waals surface area contributed by atoms with Crippen molar-refractivity contribution in [1.29, 1.82) is 0 Å². The highest BCUT2D eigenvalue weighted by Gasteiger charge is 2.33. The Morgan fingerprint density at radius 2 is 2.25 bits per heavy atom. The zero-order valence-electron chi connectivity index (χ0n) is 6.21. The number of aliphatic hydroxyl groups is 3.